The quantitative estimate of drug-likeness (QED) is 0.241. The second-order valence-electron chi connectivity index (χ2n) is 8.29. The van der Waals surface area contributed by atoms with Crippen LogP contribution in [0.1, 0.15) is 16.7 Å². The predicted octanol–water partition coefficient (Wildman–Crippen LogP) is 6.27. The van der Waals surface area contributed by atoms with Crippen LogP contribution in [0.4, 0.5) is 5.69 Å². The third-order valence-corrected chi connectivity index (χ3v) is 5.77. The summed E-state index contributed by atoms with van der Waals surface area (Å²) in [4.78, 5) is 12.2. The van der Waals surface area contributed by atoms with Crippen LogP contribution in [-0.4, -0.2) is 19.0 Å². The number of carbonyl (C=O) groups excluding carboxylic acids is 1. The number of rotatable bonds is 12. The molecule has 4 aromatic rings. The summed E-state index contributed by atoms with van der Waals surface area (Å²) >= 11 is 5.89. The summed E-state index contributed by atoms with van der Waals surface area (Å²) in [7, 11) is 0. The molecule has 4 aromatic carbocycles. The lowest BCUT2D eigenvalue weighted by atomic mass is 10.1. The van der Waals surface area contributed by atoms with Crippen molar-refractivity contribution in [2.24, 2.45) is 0 Å². The van der Waals surface area contributed by atoms with Crippen molar-refractivity contribution in [2.45, 2.75) is 19.6 Å². The van der Waals surface area contributed by atoms with Gasteiger partial charge in [0.15, 0.2) is 11.5 Å². The van der Waals surface area contributed by atoms with Gasteiger partial charge in [0, 0.05) is 17.3 Å². The largest absolute Gasteiger partial charge is 0.485 e. The summed E-state index contributed by atoms with van der Waals surface area (Å²) in [5.41, 5.74) is 4.07. The monoisotopic (exact) mass is 500 g/mol. The molecule has 184 valence electrons. The fraction of sp³-hybridized carbons (Fsp3) is 0.167. The van der Waals surface area contributed by atoms with Crippen LogP contribution >= 0.6 is 11.6 Å². The Kier molecular flexibility index (Phi) is 9.23. The molecule has 0 spiro atoms. The minimum Gasteiger partial charge on any atom is -0.485 e. The first-order valence-corrected chi connectivity index (χ1v) is 12.3. The first kappa shape index (κ1) is 25.1. The highest BCUT2D eigenvalue weighted by molar-refractivity contribution is 6.30. The molecule has 0 heterocycles. The summed E-state index contributed by atoms with van der Waals surface area (Å²) in [6.45, 7) is 1.61. The molecule has 0 atom stereocenters. The number of carbonyl (C=O) groups is 1. The lowest BCUT2D eigenvalue weighted by molar-refractivity contribution is -0.119. The maximum absolute atomic E-state index is 12.2. The summed E-state index contributed by atoms with van der Waals surface area (Å²) in [6, 6.07) is 33.2. The van der Waals surface area contributed by atoms with Gasteiger partial charge in [-0.25, -0.2) is 0 Å². The van der Waals surface area contributed by atoms with Crippen LogP contribution in [0.15, 0.2) is 103 Å². The van der Waals surface area contributed by atoms with E-state index in [1.165, 1.54) is 0 Å². The van der Waals surface area contributed by atoms with Gasteiger partial charge < -0.3 is 20.1 Å². The topological polar surface area (TPSA) is 59.6 Å². The number of hydrogen-bond acceptors (Lipinski definition) is 4. The van der Waals surface area contributed by atoms with Crippen molar-refractivity contribution >= 4 is 23.2 Å². The summed E-state index contributed by atoms with van der Waals surface area (Å²) in [6.07, 6.45) is 0.674. The molecule has 4 rings (SSSR count). The average molecular weight is 501 g/mol. The summed E-state index contributed by atoms with van der Waals surface area (Å²) in [5.74, 6) is 1.30. The minimum absolute atomic E-state index is 0.0756. The zero-order chi connectivity index (χ0) is 25.0. The Bertz CT molecular complexity index is 1230. The number of hydrogen-bond donors (Lipinski definition) is 2. The second-order valence-corrected chi connectivity index (χ2v) is 8.73. The highest BCUT2D eigenvalue weighted by Crippen LogP contribution is 2.30. The van der Waals surface area contributed by atoms with Crippen LogP contribution in [0, 0.1) is 0 Å². The number of halogens is 1. The first-order valence-electron chi connectivity index (χ1n) is 11.9. The number of amides is 1. The fourth-order valence-electron chi connectivity index (χ4n) is 3.57. The van der Waals surface area contributed by atoms with Crippen LogP contribution in [0.5, 0.6) is 11.5 Å². The Labute approximate surface area is 217 Å². The fourth-order valence-corrected chi connectivity index (χ4v) is 3.70. The van der Waals surface area contributed by atoms with Crippen LogP contribution in [0.2, 0.25) is 5.02 Å². The zero-order valence-corrected chi connectivity index (χ0v) is 20.7. The molecule has 0 saturated carbocycles. The van der Waals surface area contributed by atoms with Gasteiger partial charge >= 0.3 is 0 Å². The van der Waals surface area contributed by atoms with E-state index in [0.29, 0.717) is 42.7 Å². The number of ether oxygens (including phenoxy) is 2. The zero-order valence-electron chi connectivity index (χ0n) is 20.0. The predicted molar refractivity (Wildman–Crippen MR) is 145 cm³/mol. The van der Waals surface area contributed by atoms with Crippen LogP contribution in [-0.2, 0) is 24.4 Å². The van der Waals surface area contributed by atoms with Crippen molar-refractivity contribution in [3.8, 4) is 11.5 Å². The Hall–Kier alpha value is -3.96. The summed E-state index contributed by atoms with van der Waals surface area (Å²) < 4.78 is 12.2. The van der Waals surface area contributed by atoms with Gasteiger partial charge in [-0.1, -0.05) is 78.3 Å². The molecule has 0 unspecified atom stereocenters. The van der Waals surface area contributed by atoms with Gasteiger partial charge in [-0.2, -0.15) is 0 Å². The van der Waals surface area contributed by atoms with E-state index in [1.807, 2.05) is 91.0 Å². The van der Waals surface area contributed by atoms with E-state index in [-0.39, 0.29) is 12.5 Å². The lowest BCUT2D eigenvalue weighted by Gasteiger charge is -2.15. The smallest absolute Gasteiger partial charge is 0.239 e. The molecule has 0 bridgehead atoms. The van der Waals surface area contributed by atoms with Crippen molar-refractivity contribution in [3.05, 3.63) is 125 Å². The number of nitrogens with one attached hydrogen (secondary N) is 2. The average Bonchev–Trinajstić information content (AvgIpc) is 2.92. The third kappa shape index (κ3) is 8.07. The molecular formula is C30H29ClN2O3. The van der Waals surface area contributed by atoms with E-state index < -0.39 is 0 Å². The number of anilines is 1. The lowest BCUT2D eigenvalue weighted by Crippen LogP contribution is -2.31. The normalized spacial score (nSPS) is 10.5. The molecule has 0 radical (unpaired) electrons. The Morgan fingerprint density at radius 3 is 1.94 bits per heavy atom. The Morgan fingerprint density at radius 1 is 0.694 bits per heavy atom. The molecular weight excluding hydrogens is 472 g/mol. The molecule has 6 heteroatoms. The second kappa shape index (κ2) is 13.2. The molecule has 2 N–H and O–H groups in total. The van der Waals surface area contributed by atoms with Crippen molar-refractivity contribution in [1.82, 2.24) is 5.32 Å². The SMILES string of the molecule is O=C(CNc1ccc(Cl)cc1)NCCc1ccc(OCc2ccccc2)c(OCc2ccccc2)c1. The highest BCUT2D eigenvalue weighted by Gasteiger charge is 2.09. The molecule has 1 amide bonds. The van der Waals surface area contributed by atoms with Gasteiger partial charge in [-0.05, 0) is 59.5 Å². The van der Waals surface area contributed by atoms with Gasteiger partial charge in [0.1, 0.15) is 13.2 Å². The molecule has 5 nitrogen and oxygen atoms in total. The molecule has 0 aliphatic carbocycles. The van der Waals surface area contributed by atoms with Gasteiger partial charge in [0.05, 0.1) is 6.54 Å². The Morgan fingerprint density at radius 2 is 1.31 bits per heavy atom. The van der Waals surface area contributed by atoms with Gasteiger partial charge in [0.2, 0.25) is 5.91 Å². The molecule has 0 fully saturated rings. The van der Waals surface area contributed by atoms with Crippen molar-refractivity contribution in [3.63, 3.8) is 0 Å². The van der Waals surface area contributed by atoms with E-state index in [1.54, 1.807) is 12.1 Å². The first-order chi connectivity index (χ1) is 17.7. The van der Waals surface area contributed by atoms with E-state index >= 15 is 0 Å². The van der Waals surface area contributed by atoms with E-state index in [0.717, 1.165) is 22.4 Å². The molecule has 0 aliphatic heterocycles. The Balaban J connectivity index is 1.33. The van der Waals surface area contributed by atoms with E-state index in [2.05, 4.69) is 10.6 Å². The van der Waals surface area contributed by atoms with Gasteiger partial charge in [-0.15, -0.1) is 0 Å². The van der Waals surface area contributed by atoms with Crippen LogP contribution in [0.25, 0.3) is 0 Å². The molecule has 0 saturated heterocycles. The van der Waals surface area contributed by atoms with Gasteiger partial charge in [0.25, 0.3) is 0 Å². The molecule has 36 heavy (non-hydrogen) atoms. The van der Waals surface area contributed by atoms with Crippen molar-refractivity contribution in [1.29, 1.82) is 0 Å². The van der Waals surface area contributed by atoms with Gasteiger partial charge in [-0.3, -0.25) is 4.79 Å². The van der Waals surface area contributed by atoms with E-state index in [4.69, 9.17) is 21.1 Å². The van der Waals surface area contributed by atoms with Crippen LogP contribution < -0.4 is 20.1 Å². The maximum Gasteiger partial charge on any atom is 0.239 e. The van der Waals surface area contributed by atoms with Crippen molar-refractivity contribution < 1.29 is 14.3 Å². The minimum atomic E-state index is -0.0756. The molecule has 0 aliphatic rings. The van der Waals surface area contributed by atoms with E-state index in [9.17, 15) is 4.79 Å². The van der Waals surface area contributed by atoms with Crippen LogP contribution in [0.3, 0.4) is 0 Å². The third-order valence-electron chi connectivity index (χ3n) is 5.52. The number of benzene rings is 4. The standard InChI is InChI=1S/C30H29ClN2O3/c31-26-12-14-27(15-13-26)33-20-30(34)32-18-17-23-11-16-28(35-21-24-7-3-1-4-8-24)29(19-23)36-22-25-9-5-2-6-10-25/h1-16,19,33H,17-18,20-22H2,(H,32,34). The van der Waals surface area contributed by atoms with Crippen molar-refractivity contribution in [2.75, 3.05) is 18.4 Å². The maximum atomic E-state index is 12.2. The highest BCUT2D eigenvalue weighted by atomic mass is 35.5. The summed E-state index contributed by atoms with van der Waals surface area (Å²) in [5, 5.41) is 6.70. The molecule has 0 aromatic heterocycles.